The summed E-state index contributed by atoms with van der Waals surface area (Å²) >= 11 is 1.46. The van der Waals surface area contributed by atoms with Crippen LogP contribution in [0.25, 0.3) is 10.4 Å². The number of rotatable bonds is 2. The highest BCUT2D eigenvalue weighted by Crippen LogP contribution is 2.24. The summed E-state index contributed by atoms with van der Waals surface area (Å²) in [6, 6.07) is 3.73. The van der Waals surface area contributed by atoms with E-state index < -0.39 is 5.91 Å². The first kappa shape index (κ1) is 12.1. The number of primary amides is 1. The molecule has 1 aliphatic rings. The van der Waals surface area contributed by atoms with E-state index in [1.807, 2.05) is 22.1 Å². The Hall–Kier alpha value is -1.92. The van der Waals surface area contributed by atoms with Crippen LogP contribution in [0.2, 0.25) is 0 Å². The van der Waals surface area contributed by atoms with Gasteiger partial charge in [-0.3, -0.25) is 9.59 Å². The number of pyridine rings is 1. The zero-order valence-corrected chi connectivity index (χ0v) is 10.9. The van der Waals surface area contributed by atoms with E-state index in [-0.39, 0.29) is 17.6 Å². The molecule has 2 aromatic rings. The lowest BCUT2D eigenvalue weighted by Gasteiger charge is -2.22. The van der Waals surface area contributed by atoms with Crippen molar-refractivity contribution in [2.75, 3.05) is 6.61 Å². The Bertz CT molecular complexity index is 689. The minimum atomic E-state index is -0.697. The summed E-state index contributed by atoms with van der Waals surface area (Å²) in [5, 5.41) is 1.89. The molecule has 0 unspecified atom stereocenters. The molecule has 3 rings (SSSR count). The van der Waals surface area contributed by atoms with Gasteiger partial charge in [0.25, 0.3) is 5.91 Å². The van der Waals surface area contributed by atoms with Gasteiger partial charge in [0.2, 0.25) is 5.43 Å². The number of amides is 1. The van der Waals surface area contributed by atoms with Crippen LogP contribution in [0.3, 0.4) is 0 Å². The molecule has 0 aliphatic carbocycles. The van der Waals surface area contributed by atoms with Gasteiger partial charge in [0.05, 0.1) is 24.5 Å². The van der Waals surface area contributed by atoms with Crippen LogP contribution >= 0.6 is 11.3 Å². The van der Waals surface area contributed by atoms with Gasteiger partial charge in [0.15, 0.2) is 0 Å². The summed E-state index contributed by atoms with van der Waals surface area (Å²) in [5.74, 6) is -0.697. The van der Waals surface area contributed by atoms with Crippen molar-refractivity contribution in [1.82, 2.24) is 4.57 Å². The smallest absolute Gasteiger partial charge is 0.254 e. The number of hydrogen-bond donors (Lipinski definition) is 1. The van der Waals surface area contributed by atoms with E-state index in [4.69, 9.17) is 10.5 Å². The molecular weight excluding hydrogens is 264 g/mol. The van der Waals surface area contributed by atoms with Crippen molar-refractivity contribution in [3.05, 3.63) is 45.2 Å². The molecule has 1 amide bonds. The summed E-state index contributed by atoms with van der Waals surface area (Å²) in [6.07, 6.45) is 1.79. The molecule has 0 radical (unpaired) electrons. The van der Waals surface area contributed by atoms with Crippen molar-refractivity contribution in [2.45, 2.75) is 13.2 Å². The van der Waals surface area contributed by atoms with Crippen LogP contribution in [-0.2, 0) is 17.9 Å². The van der Waals surface area contributed by atoms with E-state index >= 15 is 0 Å². The Morgan fingerprint density at radius 1 is 1.47 bits per heavy atom. The second-order valence-electron chi connectivity index (χ2n) is 4.28. The van der Waals surface area contributed by atoms with Crippen LogP contribution in [0.15, 0.2) is 28.5 Å². The van der Waals surface area contributed by atoms with E-state index in [0.717, 1.165) is 4.88 Å². The van der Waals surface area contributed by atoms with Gasteiger partial charge in [0.1, 0.15) is 5.56 Å². The molecule has 0 saturated heterocycles. The van der Waals surface area contributed by atoms with E-state index in [0.29, 0.717) is 24.4 Å². The highest BCUT2D eigenvalue weighted by atomic mass is 32.1. The Morgan fingerprint density at radius 2 is 2.32 bits per heavy atom. The fourth-order valence-electron chi connectivity index (χ4n) is 2.25. The van der Waals surface area contributed by atoms with Crippen molar-refractivity contribution >= 4 is 17.2 Å². The van der Waals surface area contributed by atoms with E-state index in [9.17, 15) is 9.59 Å². The summed E-state index contributed by atoms with van der Waals surface area (Å²) < 4.78 is 7.20. The largest absolute Gasteiger partial charge is 0.373 e. The monoisotopic (exact) mass is 276 g/mol. The summed E-state index contributed by atoms with van der Waals surface area (Å²) in [4.78, 5) is 24.8. The summed E-state index contributed by atoms with van der Waals surface area (Å²) in [5.41, 5.74) is 6.19. The van der Waals surface area contributed by atoms with Gasteiger partial charge in [-0.25, -0.2) is 0 Å². The molecule has 2 aromatic heterocycles. The number of carbonyl (C=O) groups is 1. The lowest BCUT2D eigenvalue weighted by molar-refractivity contribution is 0.0805. The predicted molar refractivity (Wildman–Crippen MR) is 72.2 cm³/mol. The number of nitrogens with zero attached hydrogens (tertiary/aromatic N) is 1. The minimum Gasteiger partial charge on any atom is -0.373 e. The standard InChI is InChI=1S/C13H12N2O3S/c14-13(17)11-9-7-18-4-3-15(9)6-8(12(11)16)10-2-1-5-19-10/h1-2,5-6H,3-4,7H2,(H2,14,17). The number of fused-ring (bicyclic) bond motifs is 1. The van der Waals surface area contributed by atoms with E-state index in [2.05, 4.69) is 0 Å². The fourth-order valence-corrected chi connectivity index (χ4v) is 2.98. The van der Waals surface area contributed by atoms with Crippen molar-refractivity contribution in [3.8, 4) is 10.4 Å². The topological polar surface area (TPSA) is 74.3 Å². The third-order valence-electron chi connectivity index (χ3n) is 3.14. The molecule has 0 saturated carbocycles. The number of aromatic nitrogens is 1. The predicted octanol–water partition coefficient (Wildman–Crippen LogP) is 1.21. The molecule has 5 nitrogen and oxygen atoms in total. The van der Waals surface area contributed by atoms with Gasteiger partial charge >= 0.3 is 0 Å². The lowest BCUT2D eigenvalue weighted by atomic mass is 10.1. The number of hydrogen-bond acceptors (Lipinski definition) is 4. The summed E-state index contributed by atoms with van der Waals surface area (Å²) in [7, 11) is 0. The third-order valence-corrected chi connectivity index (χ3v) is 4.04. The molecule has 0 aromatic carbocycles. The number of thiophene rings is 1. The van der Waals surface area contributed by atoms with Crippen molar-refractivity contribution in [1.29, 1.82) is 0 Å². The first-order chi connectivity index (χ1) is 9.18. The van der Waals surface area contributed by atoms with Crippen molar-refractivity contribution in [3.63, 3.8) is 0 Å². The van der Waals surface area contributed by atoms with Crippen molar-refractivity contribution < 1.29 is 9.53 Å². The molecule has 1 aliphatic heterocycles. The average molecular weight is 276 g/mol. The van der Waals surface area contributed by atoms with Gasteiger partial charge in [0, 0.05) is 17.6 Å². The minimum absolute atomic E-state index is 0.0469. The maximum atomic E-state index is 12.4. The van der Waals surface area contributed by atoms with Crippen LogP contribution in [-0.4, -0.2) is 17.1 Å². The van der Waals surface area contributed by atoms with E-state index in [1.165, 1.54) is 11.3 Å². The molecule has 98 valence electrons. The Morgan fingerprint density at radius 3 is 3.00 bits per heavy atom. The highest BCUT2D eigenvalue weighted by Gasteiger charge is 2.22. The van der Waals surface area contributed by atoms with Crippen LogP contribution in [0.5, 0.6) is 0 Å². The Balaban J connectivity index is 2.31. The molecule has 3 heterocycles. The SMILES string of the molecule is NC(=O)c1c2n(cc(-c3cccs3)c1=O)CCOC2. The van der Waals surface area contributed by atoms with Gasteiger partial charge in [-0.2, -0.15) is 0 Å². The lowest BCUT2D eigenvalue weighted by Crippen LogP contribution is -2.31. The van der Waals surface area contributed by atoms with Crippen LogP contribution in [0.4, 0.5) is 0 Å². The Labute approximate surface area is 113 Å². The maximum absolute atomic E-state index is 12.4. The fraction of sp³-hybridized carbons (Fsp3) is 0.231. The molecule has 0 bridgehead atoms. The molecule has 2 N–H and O–H groups in total. The molecule has 19 heavy (non-hydrogen) atoms. The molecular formula is C13H12N2O3S. The molecule has 6 heteroatoms. The maximum Gasteiger partial charge on any atom is 0.254 e. The third kappa shape index (κ3) is 1.98. The zero-order valence-electron chi connectivity index (χ0n) is 10.1. The van der Waals surface area contributed by atoms with Gasteiger partial charge in [-0.1, -0.05) is 6.07 Å². The second-order valence-corrected chi connectivity index (χ2v) is 5.23. The van der Waals surface area contributed by atoms with Gasteiger partial charge < -0.3 is 15.0 Å². The zero-order chi connectivity index (χ0) is 13.4. The normalized spacial score (nSPS) is 14.1. The van der Waals surface area contributed by atoms with Gasteiger partial charge in [-0.05, 0) is 11.4 Å². The average Bonchev–Trinajstić information content (AvgIpc) is 2.91. The van der Waals surface area contributed by atoms with Crippen LogP contribution < -0.4 is 11.2 Å². The quantitative estimate of drug-likeness (QED) is 0.895. The van der Waals surface area contributed by atoms with Crippen LogP contribution in [0, 0.1) is 0 Å². The van der Waals surface area contributed by atoms with Crippen LogP contribution in [0.1, 0.15) is 16.1 Å². The molecule has 0 spiro atoms. The second kappa shape index (κ2) is 4.64. The molecule has 0 atom stereocenters. The van der Waals surface area contributed by atoms with Crippen molar-refractivity contribution in [2.24, 2.45) is 5.73 Å². The Kier molecular flexibility index (Phi) is 2.96. The first-order valence-corrected chi connectivity index (χ1v) is 6.74. The van der Waals surface area contributed by atoms with E-state index in [1.54, 1.807) is 6.20 Å². The summed E-state index contributed by atoms with van der Waals surface area (Å²) in [6.45, 7) is 1.43. The number of ether oxygens (including phenoxy) is 1. The number of nitrogens with two attached hydrogens (primary N) is 1. The van der Waals surface area contributed by atoms with Gasteiger partial charge in [-0.15, -0.1) is 11.3 Å². The highest BCUT2D eigenvalue weighted by molar-refractivity contribution is 7.13. The number of carbonyl (C=O) groups excluding carboxylic acids is 1. The first-order valence-electron chi connectivity index (χ1n) is 5.86. The molecule has 0 fully saturated rings.